The molecule has 1 rings (SSSR count). The molecule has 0 amide bonds. The Balaban J connectivity index is 2.69. The van der Waals surface area contributed by atoms with Gasteiger partial charge < -0.3 is 30.5 Å². The fourth-order valence-corrected chi connectivity index (χ4v) is 1.37. The fraction of sp³-hybridized carbons (Fsp3) is 0.875. The lowest BCUT2D eigenvalue weighted by molar-refractivity contribution is -0.258. The van der Waals surface area contributed by atoms with Gasteiger partial charge in [0, 0.05) is 6.92 Å². The highest BCUT2D eigenvalue weighted by Gasteiger charge is 2.43. The molecule has 0 aromatic rings. The average molecular weight is 221 g/mol. The van der Waals surface area contributed by atoms with Crippen molar-refractivity contribution in [1.29, 1.82) is 0 Å². The maximum Gasteiger partial charge on any atom is 0.304 e. The largest absolute Gasteiger partial charge is 0.434 e. The van der Waals surface area contributed by atoms with Crippen molar-refractivity contribution in [1.82, 2.24) is 0 Å². The number of carbonyl (C=O) groups is 1. The molecule has 0 bridgehead atoms. The van der Waals surface area contributed by atoms with Crippen LogP contribution in [0.5, 0.6) is 0 Å². The molecule has 7 nitrogen and oxygen atoms in total. The molecule has 0 aromatic carbocycles. The topological polar surface area (TPSA) is 122 Å². The molecule has 0 spiro atoms. The first-order valence-electron chi connectivity index (χ1n) is 4.52. The molecule has 5 atom stereocenters. The molecule has 0 aliphatic carbocycles. The van der Waals surface area contributed by atoms with Crippen LogP contribution in [0.25, 0.3) is 0 Å². The summed E-state index contributed by atoms with van der Waals surface area (Å²) in [5.41, 5.74) is 5.48. The van der Waals surface area contributed by atoms with Crippen LogP contribution in [-0.4, -0.2) is 58.5 Å². The summed E-state index contributed by atoms with van der Waals surface area (Å²) >= 11 is 0. The van der Waals surface area contributed by atoms with Gasteiger partial charge in [0.15, 0.2) is 0 Å². The van der Waals surface area contributed by atoms with Gasteiger partial charge in [-0.1, -0.05) is 0 Å². The van der Waals surface area contributed by atoms with E-state index in [0.29, 0.717) is 0 Å². The van der Waals surface area contributed by atoms with Gasteiger partial charge in [0.05, 0.1) is 12.6 Å². The van der Waals surface area contributed by atoms with Crippen molar-refractivity contribution in [3.63, 3.8) is 0 Å². The summed E-state index contributed by atoms with van der Waals surface area (Å²) in [6.07, 6.45) is -4.76. The summed E-state index contributed by atoms with van der Waals surface area (Å²) in [7, 11) is 0. The Morgan fingerprint density at radius 3 is 2.53 bits per heavy atom. The van der Waals surface area contributed by atoms with E-state index in [4.69, 9.17) is 15.6 Å². The number of hydrogen-bond donors (Lipinski definition) is 4. The molecule has 88 valence electrons. The highest BCUT2D eigenvalue weighted by Crippen LogP contribution is 2.20. The summed E-state index contributed by atoms with van der Waals surface area (Å²) < 4.78 is 9.70. The zero-order valence-corrected chi connectivity index (χ0v) is 8.24. The second-order valence-electron chi connectivity index (χ2n) is 3.39. The van der Waals surface area contributed by atoms with Gasteiger partial charge in [0.25, 0.3) is 0 Å². The van der Waals surface area contributed by atoms with E-state index in [1.165, 1.54) is 6.92 Å². The summed E-state index contributed by atoms with van der Waals surface area (Å²) in [5.74, 6) is -0.615. The summed E-state index contributed by atoms with van der Waals surface area (Å²) in [6.45, 7) is 0.671. The van der Waals surface area contributed by atoms with Gasteiger partial charge >= 0.3 is 5.97 Å². The van der Waals surface area contributed by atoms with E-state index < -0.39 is 43.2 Å². The third-order valence-electron chi connectivity index (χ3n) is 2.21. The predicted molar refractivity (Wildman–Crippen MR) is 47.5 cm³/mol. The molecule has 15 heavy (non-hydrogen) atoms. The summed E-state index contributed by atoms with van der Waals surface area (Å²) in [4.78, 5) is 10.7. The van der Waals surface area contributed by atoms with Gasteiger partial charge in [-0.2, -0.15) is 0 Å². The molecule has 0 radical (unpaired) electrons. The van der Waals surface area contributed by atoms with Gasteiger partial charge in [-0.25, -0.2) is 0 Å². The Morgan fingerprint density at radius 2 is 2.07 bits per heavy atom. The number of hydrogen-bond acceptors (Lipinski definition) is 7. The first-order chi connectivity index (χ1) is 6.97. The Kier molecular flexibility index (Phi) is 4.00. The lowest BCUT2D eigenvalue weighted by atomic mass is 9.98. The number of esters is 1. The molecule has 0 saturated carbocycles. The molecule has 1 aliphatic rings. The molecule has 7 heteroatoms. The van der Waals surface area contributed by atoms with Crippen molar-refractivity contribution in [3.8, 4) is 0 Å². The van der Waals surface area contributed by atoms with Gasteiger partial charge in [0.1, 0.15) is 18.3 Å². The third-order valence-corrected chi connectivity index (χ3v) is 2.21. The van der Waals surface area contributed by atoms with Crippen molar-refractivity contribution in [2.45, 2.75) is 37.6 Å². The molecule has 5 N–H and O–H groups in total. The van der Waals surface area contributed by atoms with Crippen molar-refractivity contribution >= 4 is 5.97 Å². The molecule has 0 unspecified atom stereocenters. The molecular weight excluding hydrogens is 206 g/mol. The minimum absolute atomic E-state index is 0.497. The Hall–Kier alpha value is -0.730. The van der Waals surface area contributed by atoms with E-state index in [9.17, 15) is 15.0 Å². The van der Waals surface area contributed by atoms with Crippen LogP contribution in [0.4, 0.5) is 0 Å². The molecule has 1 saturated heterocycles. The van der Waals surface area contributed by atoms with Crippen LogP contribution >= 0.6 is 0 Å². The van der Waals surface area contributed by atoms with Gasteiger partial charge in [-0.3, -0.25) is 4.79 Å². The SMILES string of the molecule is CC(=O)O[C@H]1O[C@H](CO)[C@@H](O)[C@H](O)[C@H]1N. The smallest absolute Gasteiger partial charge is 0.304 e. The lowest BCUT2D eigenvalue weighted by Gasteiger charge is -2.39. The van der Waals surface area contributed by atoms with E-state index in [-0.39, 0.29) is 0 Å². The van der Waals surface area contributed by atoms with Crippen LogP contribution in [0.1, 0.15) is 6.92 Å². The Morgan fingerprint density at radius 1 is 1.47 bits per heavy atom. The first-order valence-corrected chi connectivity index (χ1v) is 4.52. The summed E-state index contributed by atoms with van der Waals surface area (Å²) in [5, 5.41) is 27.7. The second-order valence-corrected chi connectivity index (χ2v) is 3.39. The minimum atomic E-state index is -1.31. The number of carbonyl (C=O) groups excluding carboxylic acids is 1. The Labute approximate surface area is 86.4 Å². The normalized spacial score (nSPS) is 41.3. The van der Waals surface area contributed by atoms with E-state index in [2.05, 4.69) is 4.74 Å². The number of aliphatic hydroxyl groups excluding tert-OH is 3. The number of nitrogens with two attached hydrogens (primary N) is 1. The average Bonchev–Trinajstić information content (AvgIpc) is 2.18. The maximum atomic E-state index is 10.7. The lowest BCUT2D eigenvalue weighted by Crippen LogP contribution is -2.62. The van der Waals surface area contributed by atoms with Crippen molar-refractivity contribution in [2.24, 2.45) is 5.73 Å². The van der Waals surface area contributed by atoms with Crippen LogP contribution in [0, 0.1) is 0 Å². The van der Waals surface area contributed by atoms with Gasteiger partial charge in [0.2, 0.25) is 6.29 Å². The molecule has 1 heterocycles. The second kappa shape index (κ2) is 4.86. The van der Waals surface area contributed by atoms with Gasteiger partial charge in [-0.05, 0) is 0 Å². The van der Waals surface area contributed by atoms with E-state index in [1.807, 2.05) is 0 Å². The standard InChI is InChI=1S/C8H15NO6/c1-3(11)14-8-5(9)7(13)6(12)4(2-10)15-8/h4-8,10,12-13H,2,9H2,1H3/t4-,5-,6-,7-,8+/m1/s1. The van der Waals surface area contributed by atoms with Crippen molar-refractivity contribution in [3.05, 3.63) is 0 Å². The van der Waals surface area contributed by atoms with Gasteiger partial charge in [-0.15, -0.1) is 0 Å². The van der Waals surface area contributed by atoms with Crippen LogP contribution in [-0.2, 0) is 14.3 Å². The zero-order chi connectivity index (χ0) is 11.6. The van der Waals surface area contributed by atoms with Crippen molar-refractivity contribution < 1.29 is 29.6 Å². The van der Waals surface area contributed by atoms with E-state index >= 15 is 0 Å². The quantitative estimate of drug-likeness (QED) is 0.375. The highest BCUT2D eigenvalue weighted by atomic mass is 16.7. The fourth-order valence-electron chi connectivity index (χ4n) is 1.37. The Bertz CT molecular complexity index is 233. The molecule has 1 fully saturated rings. The molecular formula is C8H15NO6. The predicted octanol–water partition coefficient (Wildman–Crippen LogP) is -2.68. The van der Waals surface area contributed by atoms with E-state index in [1.54, 1.807) is 0 Å². The number of ether oxygens (including phenoxy) is 2. The summed E-state index contributed by atoms with van der Waals surface area (Å²) in [6, 6.07) is -1.04. The number of rotatable bonds is 2. The molecule has 1 aliphatic heterocycles. The van der Waals surface area contributed by atoms with Crippen LogP contribution in [0.15, 0.2) is 0 Å². The molecule has 0 aromatic heterocycles. The third kappa shape index (κ3) is 2.64. The first kappa shape index (κ1) is 12.3. The van der Waals surface area contributed by atoms with E-state index in [0.717, 1.165) is 0 Å². The number of aliphatic hydroxyl groups is 3. The van der Waals surface area contributed by atoms with Crippen molar-refractivity contribution in [2.75, 3.05) is 6.61 Å². The maximum absolute atomic E-state index is 10.7. The monoisotopic (exact) mass is 221 g/mol. The van der Waals surface area contributed by atoms with Crippen LogP contribution < -0.4 is 5.73 Å². The van der Waals surface area contributed by atoms with Crippen LogP contribution in [0.2, 0.25) is 0 Å². The van der Waals surface area contributed by atoms with Crippen LogP contribution in [0.3, 0.4) is 0 Å². The minimum Gasteiger partial charge on any atom is -0.434 e. The zero-order valence-electron chi connectivity index (χ0n) is 8.24. The highest BCUT2D eigenvalue weighted by molar-refractivity contribution is 5.66.